The summed E-state index contributed by atoms with van der Waals surface area (Å²) in [7, 11) is 1.54. The van der Waals surface area contributed by atoms with Gasteiger partial charge in [-0.2, -0.15) is 0 Å². The maximum absolute atomic E-state index is 12.1. The van der Waals surface area contributed by atoms with Gasteiger partial charge in [0.25, 0.3) is 11.6 Å². The number of rotatable bonds is 4. The number of nitrogens with zero attached hydrogens (tertiary/aromatic N) is 1. The van der Waals surface area contributed by atoms with Gasteiger partial charge in [-0.3, -0.25) is 14.9 Å². The average molecular weight is 338 g/mol. The maximum atomic E-state index is 12.1. The van der Waals surface area contributed by atoms with Crippen LogP contribution in [0.1, 0.15) is 5.56 Å². The highest BCUT2D eigenvalue weighted by atomic mass is 16.6. The first-order valence-electron chi connectivity index (χ1n) is 7.37. The van der Waals surface area contributed by atoms with Crippen LogP contribution in [0.5, 0.6) is 11.5 Å². The molecule has 0 saturated heterocycles. The number of anilines is 1. The number of amides is 1. The van der Waals surface area contributed by atoms with Gasteiger partial charge in [-0.25, -0.2) is 0 Å². The number of carbonyl (C=O) groups is 1. The van der Waals surface area contributed by atoms with E-state index >= 15 is 0 Å². The van der Waals surface area contributed by atoms with Crippen LogP contribution in [0.2, 0.25) is 0 Å². The molecule has 0 unspecified atom stereocenters. The molecule has 0 saturated carbocycles. The second-order valence-electron chi connectivity index (χ2n) is 5.16. The van der Waals surface area contributed by atoms with Crippen molar-refractivity contribution in [2.24, 2.45) is 0 Å². The minimum absolute atomic E-state index is 0.0255. The van der Waals surface area contributed by atoms with Gasteiger partial charge in [0.15, 0.2) is 11.5 Å². The fourth-order valence-corrected chi connectivity index (χ4v) is 2.23. The number of nitro groups is 1. The fraction of sp³-hybridized carbons (Fsp3) is 0.0556. The van der Waals surface area contributed by atoms with Crippen LogP contribution in [0.25, 0.3) is 6.08 Å². The van der Waals surface area contributed by atoms with Gasteiger partial charge in [-0.1, -0.05) is 12.2 Å². The molecule has 25 heavy (non-hydrogen) atoms. The van der Waals surface area contributed by atoms with E-state index in [1.54, 1.807) is 49.6 Å². The monoisotopic (exact) mass is 338 g/mol. The highest BCUT2D eigenvalue weighted by Crippen LogP contribution is 2.33. The Kier molecular flexibility index (Phi) is 4.47. The standard InChI is InChI=1S/C18H14N2O5/c1-24-14-9-10-16-15(11-14)19-18(21)17(25-16)4-2-3-12-5-7-13(8-6-12)20(22)23/h2-11H,1H3,(H,19,21)/b3-2+,17-4-. The van der Waals surface area contributed by atoms with E-state index in [1.807, 2.05) is 0 Å². The van der Waals surface area contributed by atoms with E-state index < -0.39 is 4.92 Å². The van der Waals surface area contributed by atoms with E-state index in [2.05, 4.69) is 5.32 Å². The topological polar surface area (TPSA) is 90.7 Å². The smallest absolute Gasteiger partial charge is 0.291 e. The second kappa shape index (κ2) is 6.88. The van der Waals surface area contributed by atoms with E-state index in [9.17, 15) is 14.9 Å². The molecule has 0 radical (unpaired) electrons. The summed E-state index contributed by atoms with van der Waals surface area (Å²) in [6.07, 6.45) is 4.89. The predicted molar refractivity (Wildman–Crippen MR) is 92.5 cm³/mol. The van der Waals surface area contributed by atoms with Gasteiger partial charge < -0.3 is 14.8 Å². The van der Waals surface area contributed by atoms with Crippen LogP contribution in [0.3, 0.4) is 0 Å². The van der Waals surface area contributed by atoms with Crippen LogP contribution in [0, 0.1) is 10.1 Å². The molecule has 0 spiro atoms. The number of non-ortho nitro benzene ring substituents is 1. The molecule has 126 valence electrons. The highest BCUT2D eigenvalue weighted by molar-refractivity contribution is 6.05. The minimum atomic E-state index is -0.456. The van der Waals surface area contributed by atoms with Crippen LogP contribution in [-0.2, 0) is 4.79 Å². The molecule has 0 atom stereocenters. The van der Waals surface area contributed by atoms with E-state index in [1.165, 1.54) is 18.2 Å². The summed E-state index contributed by atoms with van der Waals surface area (Å²) in [5.74, 6) is 0.925. The number of nitrogens with one attached hydrogen (secondary N) is 1. The van der Waals surface area contributed by atoms with Crippen molar-refractivity contribution >= 4 is 23.4 Å². The Morgan fingerprint density at radius 3 is 2.64 bits per heavy atom. The molecule has 0 aliphatic carbocycles. The molecule has 1 heterocycles. The minimum Gasteiger partial charge on any atom is -0.497 e. The Balaban J connectivity index is 1.75. The van der Waals surface area contributed by atoms with Crippen molar-refractivity contribution in [2.75, 3.05) is 12.4 Å². The Bertz CT molecular complexity index is 885. The molecule has 7 heteroatoms. The first-order valence-corrected chi connectivity index (χ1v) is 7.37. The Morgan fingerprint density at radius 2 is 1.96 bits per heavy atom. The van der Waals surface area contributed by atoms with Crippen molar-refractivity contribution in [3.63, 3.8) is 0 Å². The third-order valence-electron chi connectivity index (χ3n) is 3.52. The molecule has 2 aromatic rings. The first kappa shape index (κ1) is 16.3. The number of hydrogen-bond acceptors (Lipinski definition) is 5. The number of allylic oxidation sites excluding steroid dienone is 2. The summed E-state index contributed by atoms with van der Waals surface area (Å²) in [4.78, 5) is 22.2. The quantitative estimate of drug-likeness (QED) is 0.523. The molecule has 7 nitrogen and oxygen atoms in total. The van der Waals surface area contributed by atoms with Gasteiger partial charge in [0.05, 0.1) is 17.7 Å². The van der Waals surface area contributed by atoms with E-state index in [-0.39, 0.29) is 17.4 Å². The number of methoxy groups -OCH3 is 1. The third kappa shape index (κ3) is 3.66. The van der Waals surface area contributed by atoms with Crippen molar-refractivity contribution in [1.29, 1.82) is 0 Å². The second-order valence-corrected chi connectivity index (χ2v) is 5.16. The van der Waals surface area contributed by atoms with Crippen LogP contribution in [0.4, 0.5) is 11.4 Å². The number of hydrogen-bond donors (Lipinski definition) is 1. The Hall–Kier alpha value is -3.61. The highest BCUT2D eigenvalue weighted by Gasteiger charge is 2.21. The van der Waals surface area contributed by atoms with Gasteiger partial charge >= 0.3 is 0 Å². The van der Waals surface area contributed by atoms with Gasteiger partial charge in [0, 0.05) is 18.2 Å². The molecule has 2 aromatic carbocycles. The van der Waals surface area contributed by atoms with Crippen LogP contribution >= 0.6 is 0 Å². The lowest BCUT2D eigenvalue weighted by molar-refractivity contribution is -0.384. The van der Waals surface area contributed by atoms with Gasteiger partial charge in [-0.05, 0) is 35.9 Å². The Labute approximate surface area is 143 Å². The zero-order valence-corrected chi connectivity index (χ0v) is 13.3. The maximum Gasteiger partial charge on any atom is 0.291 e. The number of ether oxygens (including phenoxy) is 2. The molecule has 1 N–H and O–H groups in total. The summed E-state index contributed by atoms with van der Waals surface area (Å²) in [6, 6.07) is 11.2. The molecule has 1 aliphatic heterocycles. The SMILES string of the molecule is COc1ccc2c(c1)NC(=O)/C(=C/C=C/c1ccc([N+](=O)[O-])cc1)O2. The van der Waals surface area contributed by atoms with Crippen LogP contribution < -0.4 is 14.8 Å². The number of carbonyl (C=O) groups excluding carboxylic acids is 1. The zero-order valence-electron chi connectivity index (χ0n) is 13.3. The number of benzene rings is 2. The van der Waals surface area contributed by atoms with Gasteiger partial charge in [0.1, 0.15) is 5.75 Å². The molecule has 0 bridgehead atoms. The van der Waals surface area contributed by atoms with E-state index in [4.69, 9.17) is 9.47 Å². The Morgan fingerprint density at radius 1 is 1.20 bits per heavy atom. The molecule has 3 rings (SSSR count). The number of nitro benzene ring substituents is 1. The summed E-state index contributed by atoms with van der Waals surface area (Å²) in [5.41, 5.74) is 1.34. The summed E-state index contributed by atoms with van der Waals surface area (Å²) in [5, 5.41) is 13.4. The number of fused-ring (bicyclic) bond motifs is 1. The van der Waals surface area contributed by atoms with Crippen LogP contribution in [0.15, 0.2) is 60.4 Å². The molecule has 0 fully saturated rings. The van der Waals surface area contributed by atoms with Gasteiger partial charge in [0.2, 0.25) is 0 Å². The average Bonchev–Trinajstić information content (AvgIpc) is 2.62. The predicted octanol–water partition coefficient (Wildman–Crippen LogP) is 3.53. The summed E-state index contributed by atoms with van der Waals surface area (Å²) in [6.45, 7) is 0. The zero-order chi connectivity index (χ0) is 17.8. The third-order valence-corrected chi connectivity index (χ3v) is 3.52. The van der Waals surface area contributed by atoms with Gasteiger partial charge in [-0.15, -0.1) is 0 Å². The van der Waals surface area contributed by atoms with Crippen molar-refractivity contribution in [3.8, 4) is 11.5 Å². The lowest BCUT2D eigenvalue weighted by atomic mass is 10.2. The van der Waals surface area contributed by atoms with Crippen molar-refractivity contribution in [3.05, 3.63) is 76.1 Å². The fourth-order valence-electron chi connectivity index (χ4n) is 2.23. The molecule has 0 aromatic heterocycles. The lowest BCUT2D eigenvalue weighted by Crippen LogP contribution is -2.23. The molecule has 1 amide bonds. The summed E-state index contributed by atoms with van der Waals surface area (Å²) < 4.78 is 10.7. The molecular formula is C18H14N2O5. The van der Waals surface area contributed by atoms with E-state index in [0.717, 1.165) is 5.56 Å². The van der Waals surface area contributed by atoms with Crippen LogP contribution in [-0.4, -0.2) is 17.9 Å². The van der Waals surface area contributed by atoms with Crippen molar-refractivity contribution < 1.29 is 19.2 Å². The van der Waals surface area contributed by atoms with Crippen molar-refractivity contribution in [2.45, 2.75) is 0 Å². The lowest BCUT2D eigenvalue weighted by Gasteiger charge is -2.20. The van der Waals surface area contributed by atoms with E-state index in [0.29, 0.717) is 17.2 Å². The normalized spacial score (nSPS) is 14.8. The summed E-state index contributed by atoms with van der Waals surface area (Å²) >= 11 is 0. The first-order chi connectivity index (χ1) is 12.1. The molecule has 1 aliphatic rings. The van der Waals surface area contributed by atoms with Crippen molar-refractivity contribution in [1.82, 2.24) is 0 Å². The molecular weight excluding hydrogens is 324 g/mol. The largest absolute Gasteiger partial charge is 0.497 e.